The highest BCUT2D eigenvalue weighted by molar-refractivity contribution is 4.89. The van der Waals surface area contributed by atoms with Crippen molar-refractivity contribution < 1.29 is 4.74 Å². The first-order valence-electron chi connectivity index (χ1n) is 6.81. The molecule has 1 saturated heterocycles. The number of hydrogen-bond acceptors (Lipinski definition) is 3. The van der Waals surface area contributed by atoms with Crippen molar-refractivity contribution in [3.05, 3.63) is 0 Å². The lowest BCUT2D eigenvalue weighted by Gasteiger charge is -2.36. The van der Waals surface area contributed by atoms with Gasteiger partial charge in [0.15, 0.2) is 0 Å². The number of rotatable bonds is 5. The Morgan fingerprint density at radius 1 is 1.38 bits per heavy atom. The highest BCUT2D eigenvalue weighted by Crippen LogP contribution is 2.32. The molecule has 0 aromatic carbocycles. The predicted molar refractivity (Wildman–Crippen MR) is 66.4 cm³/mol. The zero-order valence-electron chi connectivity index (χ0n) is 10.6. The Hall–Kier alpha value is -0.120. The average molecular weight is 226 g/mol. The van der Waals surface area contributed by atoms with Gasteiger partial charge in [-0.05, 0) is 25.8 Å². The Labute approximate surface area is 99.3 Å². The lowest BCUT2D eigenvalue weighted by atomic mass is 9.86. The second kappa shape index (κ2) is 5.48. The maximum atomic E-state index is 5.96. The molecule has 0 amide bonds. The van der Waals surface area contributed by atoms with E-state index in [9.17, 15) is 0 Å². The van der Waals surface area contributed by atoms with Gasteiger partial charge in [-0.15, -0.1) is 0 Å². The minimum atomic E-state index is 0.249. The van der Waals surface area contributed by atoms with Gasteiger partial charge in [0.25, 0.3) is 0 Å². The number of ether oxygens (including phenoxy) is 1. The largest absolute Gasteiger partial charge is 0.381 e. The third kappa shape index (κ3) is 2.58. The van der Waals surface area contributed by atoms with Crippen LogP contribution in [-0.4, -0.2) is 43.8 Å². The topological polar surface area (TPSA) is 38.5 Å². The van der Waals surface area contributed by atoms with E-state index in [0.29, 0.717) is 0 Å². The molecule has 0 aromatic heterocycles. The second-order valence-electron chi connectivity index (χ2n) is 5.51. The first-order chi connectivity index (χ1) is 7.79. The van der Waals surface area contributed by atoms with Gasteiger partial charge in [0.2, 0.25) is 0 Å². The first-order valence-corrected chi connectivity index (χ1v) is 6.81. The number of nitrogens with two attached hydrogens (primary N) is 1. The van der Waals surface area contributed by atoms with Crippen LogP contribution in [0, 0.1) is 5.41 Å². The van der Waals surface area contributed by atoms with Gasteiger partial charge in [0.05, 0.1) is 6.61 Å². The summed E-state index contributed by atoms with van der Waals surface area (Å²) in [5.41, 5.74) is 6.21. The molecule has 2 aliphatic rings. The summed E-state index contributed by atoms with van der Waals surface area (Å²) in [5.74, 6) is 0. The van der Waals surface area contributed by atoms with Crippen LogP contribution in [0.3, 0.4) is 0 Å². The van der Waals surface area contributed by atoms with Crippen molar-refractivity contribution in [1.82, 2.24) is 4.90 Å². The van der Waals surface area contributed by atoms with Crippen LogP contribution in [0.25, 0.3) is 0 Å². The van der Waals surface area contributed by atoms with Crippen molar-refractivity contribution in [2.24, 2.45) is 11.1 Å². The number of nitrogens with zero attached hydrogens (tertiary/aromatic N) is 1. The molecule has 0 aromatic rings. The van der Waals surface area contributed by atoms with Crippen molar-refractivity contribution in [3.8, 4) is 0 Å². The van der Waals surface area contributed by atoms with Crippen LogP contribution in [0.2, 0.25) is 0 Å². The van der Waals surface area contributed by atoms with Gasteiger partial charge in [-0.1, -0.05) is 19.8 Å². The highest BCUT2D eigenvalue weighted by atomic mass is 16.5. The summed E-state index contributed by atoms with van der Waals surface area (Å²) in [4.78, 5) is 2.65. The number of hydrogen-bond donors (Lipinski definition) is 1. The third-order valence-corrected chi connectivity index (χ3v) is 4.40. The molecular formula is C13H26N2O. The summed E-state index contributed by atoms with van der Waals surface area (Å²) in [7, 11) is 0. The molecule has 94 valence electrons. The summed E-state index contributed by atoms with van der Waals surface area (Å²) >= 11 is 0. The van der Waals surface area contributed by atoms with E-state index in [1.165, 1.54) is 25.7 Å². The van der Waals surface area contributed by atoms with Crippen LogP contribution >= 0.6 is 0 Å². The molecule has 1 unspecified atom stereocenters. The maximum Gasteiger partial charge on any atom is 0.0547 e. The lowest BCUT2D eigenvalue weighted by Crippen LogP contribution is -2.46. The molecule has 3 nitrogen and oxygen atoms in total. The Morgan fingerprint density at radius 3 is 2.62 bits per heavy atom. The molecule has 1 aliphatic carbocycles. The second-order valence-corrected chi connectivity index (χ2v) is 5.51. The van der Waals surface area contributed by atoms with Gasteiger partial charge in [-0.25, -0.2) is 0 Å². The van der Waals surface area contributed by atoms with E-state index in [0.717, 1.165) is 45.3 Å². The molecular weight excluding hydrogens is 200 g/mol. The molecule has 0 bridgehead atoms. The minimum Gasteiger partial charge on any atom is -0.381 e. The molecule has 2 N–H and O–H groups in total. The van der Waals surface area contributed by atoms with Gasteiger partial charge in [0, 0.05) is 31.2 Å². The molecule has 2 rings (SSSR count). The zero-order chi connectivity index (χ0) is 11.4. The zero-order valence-corrected chi connectivity index (χ0v) is 10.6. The molecule has 3 heteroatoms. The van der Waals surface area contributed by atoms with E-state index in [1.807, 2.05) is 0 Å². The standard InChI is InChI=1S/C13H26N2O/c1-2-15(12-5-3-4-6-12)10-13(9-14)7-8-16-11-13/h12H,2-11,14H2,1H3. The molecule has 2 fully saturated rings. The average Bonchev–Trinajstić information content (AvgIpc) is 2.98. The van der Waals surface area contributed by atoms with E-state index < -0.39 is 0 Å². The molecule has 0 radical (unpaired) electrons. The fraction of sp³-hybridized carbons (Fsp3) is 1.00. The SMILES string of the molecule is CCN(CC1(CN)CCOC1)C1CCCC1. The summed E-state index contributed by atoms with van der Waals surface area (Å²) in [5, 5.41) is 0. The highest BCUT2D eigenvalue weighted by Gasteiger charge is 2.37. The summed E-state index contributed by atoms with van der Waals surface area (Å²) in [6.07, 6.45) is 6.73. The summed E-state index contributed by atoms with van der Waals surface area (Å²) < 4.78 is 5.55. The summed E-state index contributed by atoms with van der Waals surface area (Å²) in [6.45, 7) is 7.12. The van der Waals surface area contributed by atoms with Crippen LogP contribution in [-0.2, 0) is 4.74 Å². The molecule has 1 saturated carbocycles. The van der Waals surface area contributed by atoms with Crippen LogP contribution in [0.15, 0.2) is 0 Å². The summed E-state index contributed by atoms with van der Waals surface area (Å²) in [6, 6.07) is 0.814. The van der Waals surface area contributed by atoms with Crippen LogP contribution in [0.5, 0.6) is 0 Å². The van der Waals surface area contributed by atoms with E-state index >= 15 is 0 Å². The van der Waals surface area contributed by atoms with Crippen molar-refractivity contribution in [3.63, 3.8) is 0 Å². The minimum absolute atomic E-state index is 0.249. The first kappa shape index (κ1) is 12.3. The van der Waals surface area contributed by atoms with E-state index in [1.54, 1.807) is 0 Å². The van der Waals surface area contributed by atoms with Crippen LogP contribution < -0.4 is 5.73 Å². The van der Waals surface area contributed by atoms with Gasteiger partial charge in [-0.3, -0.25) is 4.90 Å². The Morgan fingerprint density at radius 2 is 2.12 bits per heavy atom. The Kier molecular flexibility index (Phi) is 4.22. The smallest absolute Gasteiger partial charge is 0.0547 e. The van der Waals surface area contributed by atoms with Gasteiger partial charge >= 0.3 is 0 Å². The van der Waals surface area contributed by atoms with Crippen molar-refractivity contribution >= 4 is 0 Å². The molecule has 1 heterocycles. The molecule has 1 atom stereocenters. The van der Waals surface area contributed by atoms with Crippen molar-refractivity contribution in [2.45, 2.75) is 45.1 Å². The van der Waals surface area contributed by atoms with Gasteiger partial charge < -0.3 is 10.5 Å². The molecule has 1 aliphatic heterocycles. The predicted octanol–water partition coefficient (Wildman–Crippen LogP) is 1.62. The van der Waals surface area contributed by atoms with Gasteiger partial charge in [-0.2, -0.15) is 0 Å². The van der Waals surface area contributed by atoms with Gasteiger partial charge in [0.1, 0.15) is 0 Å². The molecule has 0 spiro atoms. The Balaban J connectivity index is 1.93. The van der Waals surface area contributed by atoms with E-state index in [-0.39, 0.29) is 5.41 Å². The monoisotopic (exact) mass is 226 g/mol. The van der Waals surface area contributed by atoms with Crippen LogP contribution in [0.1, 0.15) is 39.0 Å². The quantitative estimate of drug-likeness (QED) is 0.774. The Bertz CT molecular complexity index is 208. The maximum absolute atomic E-state index is 5.96. The fourth-order valence-electron chi connectivity index (χ4n) is 3.20. The van der Waals surface area contributed by atoms with Crippen molar-refractivity contribution in [2.75, 3.05) is 32.8 Å². The fourth-order valence-corrected chi connectivity index (χ4v) is 3.20. The normalized spacial score (nSPS) is 31.7. The van der Waals surface area contributed by atoms with E-state index in [4.69, 9.17) is 10.5 Å². The lowest BCUT2D eigenvalue weighted by molar-refractivity contribution is 0.0948. The van der Waals surface area contributed by atoms with Crippen molar-refractivity contribution in [1.29, 1.82) is 0 Å². The van der Waals surface area contributed by atoms with E-state index in [2.05, 4.69) is 11.8 Å². The third-order valence-electron chi connectivity index (χ3n) is 4.40. The molecule has 16 heavy (non-hydrogen) atoms. The van der Waals surface area contributed by atoms with Crippen LogP contribution in [0.4, 0.5) is 0 Å².